The van der Waals surface area contributed by atoms with Crippen LogP contribution < -0.4 is 10.1 Å². The first kappa shape index (κ1) is 15.7. The zero-order valence-corrected chi connectivity index (χ0v) is 12.3. The number of alkyl halides is 2. The average Bonchev–Trinajstić information content (AvgIpc) is 2.44. The van der Waals surface area contributed by atoms with Crippen molar-refractivity contribution in [2.75, 3.05) is 0 Å². The highest BCUT2D eigenvalue weighted by Crippen LogP contribution is 2.21. The number of nitrogens with one attached hydrogen (secondary N) is 1. The second-order valence-electron chi connectivity index (χ2n) is 4.68. The lowest BCUT2D eigenvalue weighted by Crippen LogP contribution is -2.18. The molecule has 2 aromatic carbocycles. The van der Waals surface area contributed by atoms with Gasteiger partial charge in [0.1, 0.15) is 5.75 Å². The number of hydrogen-bond donors (Lipinski definition) is 1. The molecule has 112 valence electrons. The van der Waals surface area contributed by atoms with E-state index < -0.39 is 6.61 Å². The van der Waals surface area contributed by atoms with E-state index in [1.54, 1.807) is 12.1 Å². The van der Waals surface area contributed by atoms with Gasteiger partial charge in [-0.1, -0.05) is 35.9 Å². The quantitative estimate of drug-likeness (QED) is 0.828. The van der Waals surface area contributed by atoms with E-state index in [4.69, 9.17) is 11.6 Å². The van der Waals surface area contributed by atoms with Crippen molar-refractivity contribution in [2.45, 2.75) is 26.1 Å². The molecule has 1 N–H and O–H groups in total. The molecule has 0 aromatic heterocycles. The van der Waals surface area contributed by atoms with Crippen molar-refractivity contribution < 1.29 is 13.5 Å². The molecule has 0 saturated heterocycles. The highest BCUT2D eigenvalue weighted by molar-refractivity contribution is 6.30. The van der Waals surface area contributed by atoms with Crippen molar-refractivity contribution in [3.8, 4) is 5.75 Å². The van der Waals surface area contributed by atoms with E-state index in [1.807, 2.05) is 37.3 Å². The fourth-order valence-electron chi connectivity index (χ4n) is 2.00. The van der Waals surface area contributed by atoms with Gasteiger partial charge >= 0.3 is 6.61 Å². The van der Waals surface area contributed by atoms with Gasteiger partial charge in [0.25, 0.3) is 0 Å². The van der Waals surface area contributed by atoms with Gasteiger partial charge < -0.3 is 10.1 Å². The molecular weight excluding hydrogens is 296 g/mol. The van der Waals surface area contributed by atoms with Gasteiger partial charge in [-0.2, -0.15) is 8.78 Å². The fourth-order valence-corrected chi connectivity index (χ4v) is 2.21. The molecule has 0 aliphatic carbocycles. The van der Waals surface area contributed by atoms with Crippen molar-refractivity contribution in [2.24, 2.45) is 0 Å². The molecule has 0 fully saturated rings. The topological polar surface area (TPSA) is 21.3 Å². The Kier molecular flexibility index (Phi) is 5.53. The lowest BCUT2D eigenvalue weighted by atomic mass is 10.1. The maximum atomic E-state index is 12.2. The number of rotatable bonds is 6. The van der Waals surface area contributed by atoms with Crippen molar-refractivity contribution in [3.63, 3.8) is 0 Å². The second-order valence-corrected chi connectivity index (χ2v) is 5.12. The molecule has 0 aliphatic rings. The van der Waals surface area contributed by atoms with Crippen LogP contribution in [0.25, 0.3) is 0 Å². The van der Waals surface area contributed by atoms with E-state index in [2.05, 4.69) is 10.1 Å². The summed E-state index contributed by atoms with van der Waals surface area (Å²) < 4.78 is 28.8. The summed E-state index contributed by atoms with van der Waals surface area (Å²) in [5.74, 6) is 0.166. The first-order valence-corrected chi connectivity index (χ1v) is 6.95. The summed E-state index contributed by atoms with van der Waals surface area (Å²) in [7, 11) is 0. The highest BCUT2D eigenvalue weighted by Gasteiger charge is 2.09. The summed E-state index contributed by atoms with van der Waals surface area (Å²) in [6.45, 7) is -0.205. The molecule has 0 bridgehead atoms. The van der Waals surface area contributed by atoms with Gasteiger partial charge in [0, 0.05) is 17.6 Å². The third-order valence-corrected chi connectivity index (χ3v) is 3.32. The monoisotopic (exact) mass is 311 g/mol. The van der Waals surface area contributed by atoms with E-state index in [1.165, 1.54) is 6.07 Å². The molecule has 0 heterocycles. The van der Waals surface area contributed by atoms with E-state index in [0.29, 0.717) is 11.6 Å². The molecular formula is C16H16ClF2NO. The predicted molar refractivity (Wildman–Crippen MR) is 79.8 cm³/mol. The lowest BCUT2D eigenvalue weighted by molar-refractivity contribution is -0.0499. The summed E-state index contributed by atoms with van der Waals surface area (Å²) in [5, 5.41) is 4.01. The van der Waals surface area contributed by atoms with Crippen LogP contribution in [0.3, 0.4) is 0 Å². The minimum atomic E-state index is -2.81. The highest BCUT2D eigenvalue weighted by atomic mass is 35.5. The van der Waals surface area contributed by atoms with Gasteiger partial charge in [-0.25, -0.2) is 0 Å². The molecule has 2 aromatic rings. The molecule has 5 heteroatoms. The van der Waals surface area contributed by atoms with Crippen LogP contribution in [0.1, 0.15) is 24.1 Å². The van der Waals surface area contributed by atoms with E-state index in [-0.39, 0.29) is 11.8 Å². The third kappa shape index (κ3) is 4.99. The van der Waals surface area contributed by atoms with Crippen LogP contribution in [-0.2, 0) is 6.54 Å². The summed E-state index contributed by atoms with van der Waals surface area (Å²) >= 11 is 5.93. The van der Waals surface area contributed by atoms with E-state index >= 15 is 0 Å². The normalized spacial score (nSPS) is 12.4. The van der Waals surface area contributed by atoms with Gasteiger partial charge in [0.05, 0.1) is 0 Å². The molecule has 21 heavy (non-hydrogen) atoms. The summed E-state index contributed by atoms with van der Waals surface area (Å²) in [4.78, 5) is 0. The number of ether oxygens (including phenoxy) is 1. The Morgan fingerprint density at radius 2 is 1.90 bits per heavy atom. The van der Waals surface area contributed by atoms with Gasteiger partial charge in [0.15, 0.2) is 0 Å². The molecule has 0 amide bonds. The molecule has 0 spiro atoms. The molecule has 0 aliphatic heterocycles. The Labute approximate surface area is 127 Å². The standard InChI is InChI=1S/C16H16ClF2NO/c1-11(20-10-12-4-2-6-14(17)8-12)13-5-3-7-15(9-13)21-16(18)19/h2-9,11,16,20H,10H2,1H3. The van der Waals surface area contributed by atoms with Crippen LogP contribution in [0.4, 0.5) is 8.78 Å². The maximum Gasteiger partial charge on any atom is 0.387 e. The zero-order valence-electron chi connectivity index (χ0n) is 11.5. The molecule has 2 rings (SSSR count). The van der Waals surface area contributed by atoms with Gasteiger partial charge in [-0.3, -0.25) is 0 Å². The lowest BCUT2D eigenvalue weighted by Gasteiger charge is -2.15. The van der Waals surface area contributed by atoms with Gasteiger partial charge in [-0.05, 0) is 42.3 Å². The summed E-state index contributed by atoms with van der Waals surface area (Å²) in [6.07, 6.45) is 0. The zero-order chi connectivity index (χ0) is 15.2. The van der Waals surface area contributed by atoms with Crippen molar-refractivity contribution in [3.05, 3.63) is 64.7 Å². The molecule has 1 atom stereocenters. The number of hydrogen-bond acceptors (Lipinski definition) is 2. The van der Waals surface area contributed by atoms with Crippen LogP contribution in [0.2, 0.25) is 5.02 Å². The van der Waals surface area contributed by atoms with E-state index in [9.17, 15) is 8.78 Å². The van der Waals surface area contributed by atoms with Gasteiger partial charge in [0.2, 0.25) is 0 Å². The summed E-state index contributed by atoms with van der Waals surface area (Å²) in [5.41, 5.74) is 1.95. The smallest absolute Gasteiger partial charge is 0.387 e. The minimum absolute atomic E-state index is 0.00482. The van der Waals surface area contributed by atoms with Crippen molar-refractivity contribution >= 4 is 11.6 Å². The Hall–Kier alpha value is -1.65. The largest absolute Gasteiger partial charge is 0.435 e. The molecule has 1 unspecified atom stereocenters. The predicted octanol–water partition coefficient (Wildman–Crippen LogP) is 4.79. The van der Waals surface area contributed by atoms with Crippen molar-refractivity contribution in [1.82, 2.24) is 5.32 Å². The number of benzene rings is 2. The van der Waals surface area contributed by atoms with Crippen LogP contribution in [-0.4, -0.2) is 6.61 Å². The first-order chi connectivity index (χ1) is 10.0. The SMILES string of the molecule is CC(NCc1cccc(Cl)c1)c1cccc(OC(F)F)c1. The Balaban J connectivity index is 1.98. The van der Waals surface area contributed by atoms with Crippen LogP contribution in [0.5, 0.6) is 5.75 Å². The third-order valence-electron chi connectivity index (χ3n) is 3.08. The van der Waals surface area contributed by atoms with E-state index in [0.717, 1.165) is 11.1 Å². The Morgan fingerprint density at radius 3 is 2.62 bits per heavy atom. The van der Waals surface area contributed by atoms with Crippen LogP contribution in [0.15, 0.2) is 48.5 Å². The Morgan fingerprint density at radius 1 is 1.14 bits per heavy atom. The second kappa shape index (κ2) is 7.38. The molecule has 0 saturated carbocycles. The first-order valence-electron chi connectivity index (χ1n) is 6.57. The fraction of sp³-hybridized carbons (Fsp3) is 0.250. The van der Waals surface area contributed by atoms with Crippen molar-refractivity contribution in [1.29, 1.82) is 0 Å². The minimum Gasteiger partial charge on any atom is -0.435 e. The maximum absolute atomic E-state index is 12.2. The summed E-state index contributed by atoms with van der Waals surface area (Å²) in [6, 6.07) is 14.3. The Bertz CT molecular complexity index is 592. The number of halogens is 3. The van der Waals surface area contributed by atoms with Gasteiger partial charge in [-0.15, -0.1) is 0 Å². The molecule has 0 radical (unpaired) electrons. The average molecular weight is 312 g/mol. The van der Waals surface area contributed by atoms with Crippen LogP contribution >= 0.6 is 11.6 Å². The van der Waals surface area contributed by atoms with Crippen LogP contribution in [0, 0.1) is 0 Å². The molecule has 2 nitrogen and oxygen atoms in total.